The van der Waals surface area contributed by atoms with Gasteiger partial charge in [-0.2, -0.15) is 0 Å². The largest absolute Gasteiger partial charge is 0.359 e. The summed E-state index contributed by atoms with van der Waals surface area (Å²) in [4.78, 5) is 0. The van der Waals surface area contributed by atoms with Crippen molar-refractivity contribution >= 4 is 0 Å². The molecule has 0 aliphatic carbocycles. The Morgan fingerprint density at radius 3 is 2.58 bits per heavy atom. The van der Waals surface area contributed by atoms with E-state index in [4.69, 9.17) is 11.2 Å². The predicted molar refractivity (Wildman–Crippen MR) is 52.8 cm³/mol. The molecule has 68 valence electrons. The molecule has 0 aliphatic rings. The number of terminal acetylenes is 1. The van der Waals surface area contributed by atoms with Crippen molar-refractivity contribution in [3.63, 3.8) is 0 Å². The second-order valence-corrected chi connectivity index (χ2v) is 3.57. The highest BCUT2D eigenvalue weighted by atomic mass is 16.5. The van der Waals surface area contributed by atoms with E-state index in [-0.39, 0.29) is 0 Å². The molecule has 0 N–H and O–H groups in total. The molecule has 0 rings (SSSR count). The summed E-state index contributed by atoms with van der Waals surface area (Å²) in [6, 6.07) is 0. The van der Waals surface area contributed by atoms with E-state index in [0.29, 0.717) is 12.5 Å². The Labute approximate surface area is 75.8 Å². The lowest BCUT2D eigenvalue weighted by Crippen LogP contribution is -2.28. The molecule has 0 aromatic rings. The minimum atomic E-state index is -0.428. The van der Waals surface area contributed by atoms with Crippen LogP contribution in [0, 0.1) is 18.3 Å². The summed E-state index contributed by atoms with van der Waals surface area (Å²) in [5, 5.41) is 0. The first-order valence-electron chi connectivity index (χ1n) is 4.26. The maximum atomic E-state index is 5.48. The van der Waals surface area contributed by atoms with Gasteiger partial charge in [-0.3, -0.25) is 0 Å². The van der Waals surface area contributed by atoms with Crippen molar-refractivity contribution in [2.24, 2.45) is 5.92 Å². The molecule has 1 heteroatoms. The van der Waals surface area contributed by atoms with E-state index < -0.39 is 5.60 Å². The molecule has 0 aromatic heterocycles. The van der Waals surface area contributed by atoms with Crippen molar-refractivity contribution < 1.29 is 4.74 Å². The molecule has 0 bridgehead atoms. The zero-order valence-electron chi connectivity index (χ0n) is 8.26. The van der Waals surface area contributed by atoms with Gasteiger partial charge in [0.05, 0.1) is 6.61 Å². The van der Waals surface area contributed by atoms with E-state index in [9.17, 15) is 0 Å². The molecule has 0 fully saturated rings. The van der Waals surface area contributed by atoms with Crippen LogP contribution in [0.3, 0.4) is 0 Å². The third kappa shape index (κ3) is 4.20. The summed E-state index contributed by atoms with van der Waals surface area (Å²) in [7, 11) is 0. The molecular formula is C11H18O. The van der Waals surface area contributed by atoms with Crippen LogP contribution in [-0.2, 0) is 4.74 Å². The molecule has 1 atom stereocenters. The van der Waals surface area contributed by atoms with Gasteiger partial charge in [0.1, 0.15) is 5.60 Å². The number of hydrogen-bond acceptors (Lipinski definition) is 1. The molecule has 0 radical (unpaired) electrons. The summed E-state index contributed by atoms with van der Waals surface area (Å²) in [5.41, 5.74) is -0.428. The van der Waals surface area contributed by atoms with Gasteiger partial charge >= 0.3 is 0 Å². The molecule has 0 heterocycles. The van der Waals surface area contributed by atoms with Crippen LogP contribution in [0.4, 0.5) is 0 Å². The summed E-state index contributed by atoms with van der Waals surface area (Å²) >= 11 is 0. The zero-order valence-corrected chi connectivity index (χ0v) is 8.26. The van der Waals surface area contributed by atoms with Crippen LogP contribution >= 0.6 is 0 Å². The highest BCUT2D eigenvalue weighted by Gasteiger charge is 2.22. The molecule has 0 spiro atoms. The first kappa shape index (κ1) is 11.3. The van der Waals surface area contributed by atoms with Gasteiger partial charge in [0.25, 0.3) is 0 Å². The Balaban J connectivity index is 4.06. The Morgan fingerprint density at radius 1 is 1.67 bits per heavy atom. The monoisotopic (exact) mass is 166 g/mol. The van der Waals surface area contributed by atoms with Crippen LogP contribution in [0.15, 0.2) is 12.7 Å². The zero-order chi connectivity index (χ0) is 9.61. The summed E-state index contributed by atoms with van der Waals surface area (Å²) in [5.74, 6) is 3.23. The van der Waals surface area contributed by atoms with Crippen LogP contribution in [0.2, 0.25) is 0 Å². The number of hydrogen-bond donors (Lipinski definition) is 0. The van der Waals surface area contributed by atoms with Gasteiger partial charge in [0.2, 0.25) is 0 Å². The Hall–Kier alpha value is -0.740. The van der Waals surface area contributed by atoms with Crippen molar-refractivity contribution in [2.75, 3.05) is 6.61 Å². The third-order valence-corrected chi connectivity index (χ3v) is 1.62. The second kappa shape index (κ2) is 5.00. The van der Waals surface area contributed by atoms with Crippen LogP contribution in [0.25, 0.3) is 0 Å². The highest BCUT2D eigenvalue weighted by Crippen LogP contribution is 2.19. The molecule has 0 aliphatic heterocycles. The molecule has 0 saturated heterocycles. The fourth-order valence-corrected chi connectivity index (χ4v) is 1.18. The lowest BCUT2D eigenvalue weighted by atomic mass is 9.95. The van der Waals surface area contributed by atoms with Gasteiger partial charge in [-0.25, -0.2) is 0 Å². The van der Waals surface area contributed by atoms with Crippen molar-refractivity contribution in [3.8, 4) is 12.3 Å². The van der Waals surface area contributed by atoms with Gasteiger partial charge in [-0.05, 0) is 19.3 Å². The van der Waals surface area contributed by atoms with E-state index in [1.807, 2.05) is 6.92 Å². The van der Waals surface area contributed by atoms with E-state index in [2.05, 4.69) is 26.3 Å². The van der Waals surface area contributed by atoms with Gasteiger partial charge in [0.15, 0.2) is 0 Å². The van der Waals surface area contributed by atoms with Gasteiger partial charge in [-0.1, -0.05) is 25.8 Å². The van der Waals surface area contributed by atoms with Crippen LogP contribution in [0.1, 0.15) is 27.2 Å². The summed E-state index contributed by atoms with van der Waals surface area (Å²) in [6.07, 6.45) is 7.99. The van der Waals surface area contributed by atoms with E-state index in [1.165, 1.54) is 0 Å². The Morgan fingerprint density at radius 2 is 2.25 bits per heavy atom. The molecule has 0 aromatic carbocycles. The number of ether oxygens (including phenoxy) is 1. The first-order valence-corrected chi connectivity index (χ1v) is 4.26. The van der Waals surface area contributed by atoms with E-state index in [0.717, 1.165) is 6.42 Å². The average Bonchev–Trinajstić information content (AvgIpc) is 2.00. The highest BCUT2D eigenvalue weighted by molar-refractivity contribution is 5.06. The van der Waals surface area contributed by atoms with Gasteiger partial charge in [-0.15, -0.1) is 13.0 Å². The van der Waals surface area contributed by atoms with E-state index >= 15 is 0 Å². The Kier molecular flexibility index (Phi) is 4.70. The fraction of sp³-hybridized carbons (Fsp3) is 0.636. The van der Waals surface area contributed by atoms with Crippen molar-refractivity contribution in [1.82, 2.24) is 0 Å². The summed E-state index contributed by atoms with van der Waals surface area (Å²) < 4.78 is 5.48. The third-order valence-electron chi connectivity index (χ3n) is 1.62. The lowest BCUT2D eigenvalue weighted by Gasteiger charge is -2.25. The molecule has 0 saturated carbocycles. The average molecular weight is 166 g/mol. The minimum Gasteiger partial charge on any atom is -0.359 e. The normalized spacial score (nSPS) is 15.2. The maximum absolute atomic E-state index is 5.48. The maximum Gasteiger partial charge on any atom is 0.126 e. The van der Waals surface area contributed by atoms with Crippen molar-refractivity contribution in [3.05, 3.63) is 12.7 Å². The Bertz CT molecular complexity index is 176. The second-order valence-electron chi connectivity index (χ2n) is 3.57. The van der Waals surface area contributed by atoms with Crippen molar-refractivity contribution in [1.29, 1.82) is 0 Å². The lowest BCUT2D eigenvalue weighted by molar-refractivity contribution is 0.0161. The van der Waals surface area contributed by atoms with Crippen molar-refractivity contribution in [2.45, 2.75) is 32.8 Å². The van der Waals surface area contributed by atoms with Crippen LogP contribution < -0.4 is 0 Å². The number of rotatable bonds is 5. The van der Waals surface area contributed by atoms with Crippen LogP contribution in [0.5, 0.6) is 0 Å². The molecule has 12 heavy (non-hydrogen) atoms. The van der Waals surface area contributed by atoms with E-state index in [1.54, 1.807) is 6.08 Å². The topological polar surface area (TPSA) is 9.23 Å². The molecule has 0 amide bonds. The quantitative estimate of drug-likeness (QED) is 0.450. The van der Waals surface area contributed by atoms with Gasteiger partial charge in [0, 0.05) is 0 Å². The smallest absolute Gasteiger partial charge is 0.126 e. The summed E-state index contributed by atoms with van der Waals surface area (Å²) in [6.45, 7) is 10.3. The molecule has 1 nitrogen and oxygen atoms in total. The standard InChI is InChI=1S/C11H18O/c1-6-8-12-11(5,7-2)9-10(3)4/h2,6,10H,1,8-9H2,3-5H3. The minimum absolute atomic E-state index is 0.428. The fourth-order valence-electron chi connectivity index (χ4n) is 1.18. The predicted octanol–water partition coefficient (Wildman–Crippen LogP) is 2.63. The first-order chi connectivity index (χ1) is 5.54. The molecular weight excluding hydrogens is 148 g/mol. The van der Waals surface area contributed by atoms with Crippen LogP contribution in [-0.4, -0.2) is 12.2 Å². The van der Waals surface area contributed by atoms with Gasteiger partial charge < -0.3 is 4.74 Å². The molecule has 1 unspecified atom stereocenters. The SMILES string of the molecule is C#CC(C)(CC(C)C)OCC=C.